The van der Waals surface area contributed by atoms with Crippen LogP contribution in [0.5, 0.6) is 5.75 Å². The van der Waals surface area contributed by atoms with Crippen molar-refractivity contribution in [1.82, 2.24) is 0 Å². The molecule has 1 aliphatic rings. The molecule has 1 fully saturated rings. The van der Waals surface area contributed by atoms with Crippen molar-refractivity contribution < 1.29 is 23.8 Å². The monoisotopic (exact) mass is 468 g/mol. The van der Waals surface area contributed by atoms with E-state index in [4.69, 9.17) is 14.6 Å². The SMILES string of the molecule is C=C(C)C(=O)OCCOc1cc(CCCO)ccc1CCc1ccc(C2CCCCC2)cc1F. The van der Waals surface area contributed by atoms with E-state index < -0.39 is 5.97 Å². The predicted octanol–water partition coefficient (Wildman–Crippen LogP) is 6.08. The van der Waals surface area contributed by atoms with Crippen molar-refractivity contribution in [2.24, 2.45) is 0 Å². The fourth-order valence-electron chi connectivity index (χ4n) is 4.51. The maximum absolute atomic E-state index is 14.9. The van der Waals surface area contributed by atoms with Crippen LogP contribution in [-0.4, -0.2) is 30.9 Å². The van der Waals surface area contributed by atoms with Gasteiger partial charge in [-0.1, -0.05) is 50.1 Å². The van der Waals surface area contributed by atoms with Crippen molar-refractivity contribution in [2.75, 3.05) is 19.8 Å². The molecule has 0 spiro atoms. The Labute approximate surface area is 202 Å². The minimum atomic E-state index is -0.437. The number of carbonyl (C=O) groups is 1. The maximum Gasteiger partial charge on any atom is 0.333 e. The molecule has 0 bridgehead atoms. The second-order valence-electron chi connectivity index (χ2n) is 9.22. The van der Waals surface area contributed by atoms with E-state index in [-0.39, 0.29) is 25.6 Å². The largest absolute Gasteiger partial charge is 0.490 e. The molecule has 1 aliphatic carbocycles. The molecule has 0 radical (unpaired) electrons. The molecule has 0 saturated heterocycles. The number of aliphatic hydroxyl groups excluding tert-OH is 1. The first-order chi connectivity index (χ1) is 16.5. The topological polar surface area (TPSA) is 55.8 Å². The maximum atomic E-state index is 14.9. The fraction of sp³-hybridized carbons (Fsp3) is 0.483. The lowest BCUT2D eigenvalue weighted by molar-refractivity contribution is -0.139. The number of aryl methyl sites for hydroxylation is 3. The molecule has 4 nitrogen and oxygen atoms in total. The third-order valence-electron chi connectivity index (χ3n) is 6.50. The molecule has 0 aromatic heterocycles. The summed E-state index contributed by atoms with van der Waals surface area (Å²) in [6.07, 6.45) is 8.70. The van der Waals surface area contributed by atoms with Crippen LogP contribution in [0.3, 0.4) is 0 Å². The zero-order valence-electron chi connectivity index (χ0n) is 20.3. The van der Waals surface area contributed by atoms with E-state index >= 15 is 0 Å². The highest BCUT2D eigenvalue weighted by atomic mass is 19.1. The number of hydrogen-bond donors (Lipinski definition) is 1. The van der Waals surface area contributed by atoms with Crippen LogP contribution in [0.25, 0.3) is 0 Å². The molecule has 3 rings (SSSR count). The summed E-state index contributed by atoms with van der Waals surface area (Å²) in [7, 11) is 0. The molecule has 0 unspecified atom stereocenters. The van der Waals surface area contributed by atoms with Crippen LogP contribution in [0, 0.1) is 5.82 Å². The van der Waals surface area contributed by atoms with Gasteiger partial charge in [-0.2, -0.15) is 0 Å². The van der Waals surface area contributed by atoms with Gasteiger partial charge >= 0.3 is 5.97 Å². The van der Waals surface area contributed by atoms with Gasteiger partial charge in [-0.3, -0.25) is 0 Å². The molecule has 0 aliphatic heterocycles. The molecule has 2 aromatic rings. The average molecular weight is 469 g/mol. The van der Waals surface area contributed by atoms with Crippen LogP contribution >= 0.6 is 0 Å². The first-order valence-corrected chi connectivity index (χ1v) is 12.4. The molecule has 2 aromatic carbocycles. The van der Waals surface area contributed by atoms with E-state index in [0.29, 0.717) is 42.1 Å². The van der Waals surface area contributed by atoms with Gasteiger partial charge in [0.2, 0.25) is 0 Å². The minimum absolute atomic E-state index is 0.128. The first-order valence-electron chi connectivity index (χ1n) is 12.4. The third-order valence-corrected chi connectivity index (χ3v) is 6.50. The smallest absolute Gasteiger partial charge is 0.333 e. The van der Waals surface area contributed by atoms with Gasteiger partial charge in [-0.15, -0.1) is 0 Å². The molecule has 1 N–H and O–H groups in total. The van der Waals surface area contributed by atoms with Crippen molar-refractivity contribution >= 4 is 5.97 Å². The molecule has 1 saturated carbocycles. The fourth-order valence-corrected chi connectivity index (χ4v) is 4.51. The zero-order valence-corrected chi connectivity index (χ0v) is 20.3. The van der Waals surface area contributed by atoms with Crippen LogP contribution in [0.2, 0.25) is 0 Å². The summed E-state index contributed by atoms with van der Waals surface area (Å²) in [5.41, 5.74) is 4.24. The highest BCUT2D eigenvalue weighted by Gasteiger charge is 2.17. The molecular weight excluding hydrogens is 431 g/mol. The van der Waals surface area contributed by atoms with Crippen LogP contribution in [0.15, 0.2) is 48.6 Å². The van der Waals surface area contributed by atoms with Gasteiger partial charge in [0.1, 0.15) is 24.8 Å². The molecule has 0 amide bonds. The van der Waals surface area contributed by atoms with Crippen molar-refractivity contribution in [1.29, 1.82) is 0 Å². The lowest BCUT2D eigenvalue weighted by atomic mass is 9.83. The number of carbonyl (C=O) groups excluding carboxylic acids is 1. The van der Waals surface area contributed by atoms with Crippen molar-refractivity contribution in [3.63, 3.8) is 0 Å². The van der Waals surface area contributed by atoms with Gasteiger partial charge in [-0.05, 0) is 85.8 Å². The summed E-state index contributed by atoms with van der Waals surface area (Å²) in [5, 5.41) is 9.14. The van der Waals surface area contributed by atoms with E-state index in [9.17, 15) is 9.18 Å². The quantitative estimate of drug-likeness (QED) is 0.233. The summed E-state index contributed by atoms with van der Waals surface area (Å²) in [4.78, 5) is 11.6. The molecule has 184 valence electrons. The third kappa shape index (κ3) is 7.69. The zero-order chi connectivity index (χ0) is 24.3. The molecule has 5 heteroatoms. The van der Waals surface area contributed by atoms with Gasteiger partial charge in [0.15, 0.2) is 0 Å². The second kappa shape index (κ2) is 13.3. The summed E-state index contributed by atoms with van der Waals surface area (Å²) in [6.45, 7) is 5.66. The molecule has 34 heavy (non-hydrogen) atoms. The first kappa shape index (κ1) is 26.0. The van der Waals surface area contributed by atoms with Crippen LogP contribution in [0.1, 0.15) is 73.6 Å². The van der Waals surface area contributed by atoms with E-state index in [1.54, 1.807) is 13.0 Å². The number of esters is 1. The molecule has 0 atom stereocenters. The lowest BCUT2D eigenvalue weighted by Gasteiger charge is -2.22. The normalized spacial score (nSPS) is 14.1. The number of rotatable bonds is 12. The van der Waals surface area contributed by atoms with Gasteiger partial charge in [-0.25, -0.2) is 9.18 Å². The van der Waals surface area contributed by atoms with Crippen molar-refractivity contribution in [3.05, 3.63) is 76.6 Å². The Hall–Kier alpha value is -2.66. The minimum Gasteiger partial charge on any atom is -0.490 e. The summed E-state index contributed by atoms with van der Waals surface area (Å²) < 4.78 is 26.0. The van der Waals surface area contributed by atoms with Crippen molar-refractivity contribution in [3.8, 4) is 5.75 Å². The highest BCUT2D eigenvalue weighted by molar-refractivity contribution is 5.86. The number of ether oxygens (including phenoxy) is 2. The van der Waals surface area contributed by atoms with E-state index in [0.717, 1.165) is 36.0 Å². The number of aliphatic hydroxyl groups is 1. The van der Waals surface area contributed by atoms with Crippen LogP contribution in [0.4, 0.5) is 4.39 Å². The molecular formula is C29H37FO4. The van der Waals surface area contributed by atoms with Gasteiger partial charge < -0.3 is 14.6 Å². The predicted molar refractivity (Wildman–Crippen MR) is 133 cm³/mol. The van der Waals surface area contributed by atoms with Gasteiger partial charge in [0, 0.05) is 12.2 Å². The Morgan fingerprint density at radius 1 is 1.03 bits per heavy atom. The second-order valence-corrected chi connectivity index (χ2v) is 9.22. The Morgan fingerprint density at radius 2 is 1.76 bits per heavy atom. The Balaban J connectivity index is 1.64. The number of benzene rings is 2. The Bertz CT molecular complexity index is 963. The van der Waals surface area contributed by atoms with Gasteiger partial charge in [0.05, 0.1) is 0 Å². The lowest BCUT2D eigenvalue weighted by Crippen LogP contribution is -2.13. The van der Waals surface area contributed by atoms with Crippen LogP contribution < -0.4 is 4.74 Å². The molecule has 0 heterocycles. The van der Waals surface area contributed by atoms with Gasteiger partial charge in [0.25, 0.3) is 0 Å². The summed E-state index contributed by atoms with van der Waals surface area (Å²) in [6, 6.07) is 11.8. The summed E-state index contributed by atoms with van der Waals surface area (Å²) in [5.74, 6) is 0.633. The number of hydrogen-bond acceptors (Lipinski definition) is 4. The van der Waals surface area contributed by atoms with E-state index in [1.165, 1.54) is 19.3 Å². The standard InChI is InChI=1S/C29H37FO4/c1-21(2)29(32)34-18-17-33-28-19-22(7-6-16-31)10-11-25(28)14-12-24-13-15-26(20-27(24)30)23-8-4-3-5-9-23/h10-11,13,15,19-20,23,31H,1,3-9,12,14,16-18H2,2H3. The average Bonchev–Trinajstić information content (AvgIpc) is 2.85. The Kier molecular flexibility index (Phi) is 10.1. The van der Waals surface area contributed by atoms with E-state index in [1.807, 2.05) is 24.3 Å². The van der Waals surface area contributed by atoms with E-state index in [2.05, 4.69) is 12.6 Å². The summed E-state index contributed by atoms with van der Waals surface area (Å²) >= 11 is 0. The highest BCUT2D eigenvalue weighted by Crippen LogP contribution is 2.33. The van der Waals surface area contributed by atoms with Crippen molar-refractivity contribution in [2.45, 2.75) is 70.6 Å². The Morgan fingerprint density at radius 3 is 2.47 bits per heavy atom. The van der Waals surface area contributed by atoms with Crippen LogP contribution in [-0.2, 0) is 28.8 Å². The number of halogens is 1.